The fourth-order valence-electron chi connectivity index (χ4n) is 2.65. The van der Waals surface area contributed by atoms with Crippen molar-refractivity contribution < 1.29 is 14.7 Å². The van der Waals surface area contributed by atoms with Crippen molar-refractivity contribution in [3.05, 3.63) is 75.8 Å². The number of aromatic nitrogens is 3. The molecule has 10 heteroatoms. The Hall–Kier alpha value is -3.69. The highest BCUT2D eigenvalue weighted by Gasteiger charge is 2.14. The standard InChI is InChI=1S/C20H14ClN5O3S/c21-12-3-6-17(27)14(7-12)18(28)26-20-22-8-15(25-20)11-1-4-13(5-2-11)24-19(29)16-9-30-10-23-16/h1-10,27H,(H,24,29)(H2,22,25,26,28). The molecule has 8 nitrogen and oxygen atoms in total. The van der Waals surface area contributed by atoms with Crippen LogP contribution in [0.1, 0.15) is 20.8 Å². The average Bonchev–Trinajstić information content (AvgIpc) is 3.43. The molecule has 4 rings (SSSR count). The van der Waals surface area contributed by atoms with Crippen molar-refractivity contribution in [3.63, 3.8) is 0 Å². The van der Waals surface area contributed by atoms with Crippen LogP contribution in [0.2, 0.25) is 5.02 Å². The molecule has 150 valence electrons. The lowest BCUT2D eigenvalue weighted by Gasteiger charge is -2.05. The molecule has 0 fully saturated rings. The van der Waals surface area contributed by atoms with Crippen LogP contribution in [0.5, 0.6) is 5.75 Å². The number of phenolic OH excluding ortho intramolecular Hbond substituents is 1. The first-order valence-corrected chi connectivity index (χ1v) is 9.96. The lowest BCUT2D eigenvalue weighted by Crippen LogP contribution is -2.13. The third kappa shape index (κ3) is 4.32. The van der Waals surface area contributed by atoms with Crippen molar-refractivity contribution in [2.45, 2.75) is 0 Å². The van der Waals surface area contributed by atoms with Crippen molar-refractivity contribution in [2.24, 2.45) is 0 Å². The van der Waals surface area contributed by atoms with E-state index in [1.807, 2.05) is 0 Å². The summed E-state index contributed by atoms with van der Waals surface area (Å²) in [5, 5.41) is 17.2. The zero-order valence-corrected chi connectivity index (χ0v) is 16.8. The minimum atomic E-state index is -0.545. The van der Waals surface area contributed by atoms with Gasteiger partial charge in [-0.1, -0.05) is 23.7 Å². The zero-order chi connectivity index (χ0) is 21.1. The van der Waals surface area contributed by atoms with E-state index in [-0.39, 0.29) is 23.2 Å². The molecule has 0 aliphatic heterocycles. The van der Waals surface area contributed by atoms with Gasteiger partial charge in [-0.15, -0.1) is 11.3 Å². The Labute approximate surface area is 179 Å². The Kier molecular flexibility index (Phi) is 5.46. The van der Waals surface area contributed by atoms with E-state index < -0.39 is 5.91 Å². The maximum absolute atomic E-state index is 12.3. The van der Waals surface area contributed by atoms with Crippen molar-refractivity contribution in [2.75, 3.05) is 10.6 Å². The number of halogens is 1. The van der Waals surface area contributed by atoms with Crippen LogP contribution in [-0.2, 0) is 0 Å². The van der Waals surface area contributed by atoms with Crippen LogP contribution in [0.3, 0.4) is 0 Å². The van der Waals surface area contributed by atoms with Gasteiger partial charge in [-0.05, 0) is 35.9 Å². The van der Waals surface area contributed by atoms with Gasteiger partial charge >= 0.3 is 0 Å². The minimum absolute atomic E-state index is 0.0423. The van der Waals surface area contributed by atoms with Crippen molar-refractivity contribution >= 4 is 46.4 Å². The molecule has 2 aromatic carbocycles. The minimum Gasteiger partial charge on any atom is -0.507 e. The first-order valence-electron chi connectivity index (χ1n) is 8.64. The number of amides is 2. The van der Waals surface area contributed by atoms with Gasteiger partial charge in [-0.2, -0.15) is 0 Å². The fraction of sp³-hybridized carbons (Fsp3) is 0. The predicted octanol–water partition coefficient (Wildman–Crippen LogP) is 4.40. The first kappa shape index (κ1) is 19.6. The van der Waals surface area contributed by atoms with E-state index in [1.54, 1.807) is 41.4 Å². The van der Waals surface area contributed by atoms with E-state index in [0.29, 0.717) is 22.1 Å². The highest BCUT2D eigenvalue weighted by Crippen LogP contribution is 2.24. The van der Waals surface area contributed by atoms with Crippen molar-refractivity contribution in [1.82, 2.24) is 15.0 Å². The van der Waals surface area contributed by atoms with Gasteiger partial charge in [0.15, 0.2) is 0 Å². The second-order valence-corrected chi connectivity index (χ2v) is 7.32. The Morgan fingerprint density at radius 3 is 2.57 bits per heavy atom. The summed E-state index contributed by atoms with van der Waals surface area (Å²) < 4.78 is 0. The number of benzene rings is 2. The molecular formula is C20H14ClN5O3S. The summed E-state index contributed by atoms with van der Waals surface area (Å²) >= 11 is 7.23. The number of hydrogen-bond acceptors (Lipinski definition) is 6. The Morgan fingerprint density at radius 1 is 1.03 bits per heavy atom. The molecule has 0 atom stereocenters. The van der Waals surface area contributed by atoms with Gasteiger partial charge in [0.2, 0.25) is 5.95 Å². The molecule has 30 heavy (non-hydrogen) atoms. The third-order valence-corrected chi connectivity index (χ3v) is 4.95. The summed E-state index contributed by atoms with van der Waals surface area (Å²) in [5.41, 5.74) is 4.10. The van der Waals surface area contributed by atoms with Crippen LogP contribution in [0, 0.1) is 0 Å². The molecule has 0 unspecified atom stereocenters. The number of phenols is 1. The molecule has 0 saturated carbocycles. The highest BCUT2D eigenvalue weighted by atomic mass is 35.5. The van der Waals surface area contributed by atoms with Gasteiger partial charge in [-0.25, -0.2) is 9.97 Å². The zero-order valence-electron chi connectivity index (χ0n) is 15.2. The summed E-state index contributed by atoms with van der Waals surface area (Å²) in [4.78, 5) is 35.5. The smallest absolute Gasteiger partial charge is 0.275 e. The van der Waals surface area contributed by atoms with Gasteiger partial charge in [0.05, 0.1) is 23.0 Å². The summed E-state index contributed by atoms with van der Waals surface area (Å²) in [6, 6.07) is 11.3. The average molecular weight is 440 g/mol. The molecule has 0 bridgehead atoms. The van der Waals surface area contributed by atoms with Gasteiger partial charge in [-0.3, -0.25) is 14.9 Å². The van der Waals surface area contributed by atoms with Gasteiger partial charge in [0, 0.05) is 16.1 Å². The fourth-order valence-corrected chi connectivity index (χ4v) is 3.35. The molecule has 4 N–H and O–H groups in total. The maximum Gasteiger partial charge on any atom is 0.275 e. The number of nitrogens with zero attached hydrogens (tertiary/aromatic N) is 2. The topological polar surface area (TPSA) is 120 Å². The normalized spacial score (nSPS) is 10.6. The second kappa shape index (κ2) is 8.36. The Bertz CT molecular complexity index is 1210. The summed E-state index contributed by atoms with van der Waals surface area (Å²) in [6.07, 6.45) is 1.57. The number of imidazole rings is 1. The number of H-pyrrole nitrogens is 1. The molecule has 2 aromatic heterocycles. The largest absolute Gasteiger partial charge is 0.507 e. The molecule has 0 saturated heterocycles. The molecular weight excluding hydrogens is 426 g/mol. The molecule has 2 amide bonds. The van der Waals surface area contributed by atoms with E-state index >= 15 is 0 Å². The van der Waals surface area contributed by atoms with E-state index in [1.165, 1.54) is 29.5 Å². The van der Waals surface area contributed by atoms with E-state index in [0.717, 1.165) is 5.56 Å². The van der Waals surface area contributed by atoms with Gasteiger partial charge < -0.3 is 15.4 Å². The molecule has 0 spiro atoms. The van der Waals surface area contributed by atoms with Crippen LogP contribution >= 0.6 is 22.9 Å². The second-order valence-electron chi connectivity index (χ2n) is 6.17. The van der Waals surface area contributed by atoms with E-state index in [9.17, 15) is 14.7 Å². The predicted molar refractivity (Wildman–Crippen MR) is 115 cm³/mol. The van der Waals surface area contributed by atoms with Crippen molar-refractivity contribution in [1.29, 1.82) is 0 Å². The first-order chi connectivity index (χ1) is 14.5. The number of rotatable bonds is 5. The summed E-state index contributed by atoms with van der Waals surface area (Å²) in [5.74, 6) is -0.787. The van der Waals surface area contributed by atoms with Crippen LogP contribution in [0.4, 0.5) is 11.6 Å². The number of carbonyl (C=O) groups is 2. The molecule has 4 aromatic rings. The summed E-state index contributed by atoms with van der Waals surface area (Å²) in [7, 11) is 0. The lowest BCUT2D eigenvalue weighted by molar-refractivity contribution is 0.101. The Morgan fingerprint density at radius 2 is 1.83 bits per heavy atom. The molecule has 0 radical (unpaired) electrons. The SMILES string of the molecule is O=C(Nc1ccc(-c2cnc(NC(=O)c3cc(Cl)ccc3O)[nH]2)cc1)c1cscn1. The van der Waals surface area contributed by atoms with Gasteiger partial charge in [0.1, 0.15) is 11.4 Å². The Balaban J connectivity index is 1.44. The number of aromatic amines is 1. The number of anilines is 2. The number of carbonyl (C=O) groups excluding carboxylic acids is 2. The highest BCUT2D eigenvalue weighted by molar-refractivity contribution is 7.07. The maximum atomic E-state index is 12.3. The number of aromatic hydroxyl groups is 1. The number of hydrogen-bond donors (Lipinski definition) is 4. The molecule has 0 aliphatic carbocycles. The van der Waals surface area contributed by atoms with Crippen molar-refractivity contribution in [3.8, 4) is 17.0 Å². The van der Waals surface area contributed by atoms with E-state index in [2.05, 4.69) is 25.6 Å². The van der Waals surface area contributed by atoms with E-state index in [4.69, 9.17) is 11.6 Å². The van der Waals surface area contributed by atoms with Crippen LogP contribution in [0.25, 0.3) is 11.3 Å². The molecule has 0 aliphatic rings. The monoisotopic (exact) mass is 439 g/mol. The van der Waals surface area contributed by atoms with Crippen LogP contribution < -0.4 is 10.6 Å². The van der Waals surface area contributed by atoms with Gasteiger partial charge in [0.25, 0.3) is 11.8 Å². The van der Waals surface area contributed by atoms with Crippen LogP contribution in [0.15, 0.2) is 59.6 Å². The molecule has 2 heterocycles. The quantitative estimate of drug-likeness (QED) is 0.367. The number of thiazole rings is 1. The lowest BCUT2D eigenvalue weighted by atomic mass is 10.1. The number of nitrogens with one attached hydrogen (secondary N) is 3. The third-order valence-electron chi connectivity index (χ3n) is 4.13. The van der Waals surface area contributed by atoms with Crippen LogP contribution in [-0.4, -0.2) is 31.9 Å². The summed E-state index contributed by atoms with van der Waals surface area (Å²) in [6.45, 7) is 0.